The van der Waals surface area contributed by atoms with Gasteiger partial charge < -0.3 is 20.1 Å². The van der Waals surface area contributed by atoms with Gasteiger partial charge in [-0.3, -0.25) is 4.79 Å². The fraction of sp³-hybridized carbons (Fsp3) is 0.562. The number of methoxy groups -OCH3 is 1. The van der Waals surface area contributed by atoms with Crippen LogP contribution in [0.3, 0.4) is 0 Å². The van der Waals surface area contributed by atoms with E-state index in [4.69, 9.17) is 15.2 Å². The maximum atomic E-state index is 12.1. The second-order valence-corrected chi connectivity index (χ2v) is 5.17. The van der Waals surface area contributed by atoms with E-state index in [0.29, 0.717) is 24.7 Å². The predicted octanol–water partition coefficient (Wildman–Crippen LogP) is 2.33. The average Bonchev–Trinajstić information content (AvgIpc) is 2.52. The summed E-state index contributed by atoms with van der Waals surface area (Å²) in [6.07, 6.45) is 0.887. The van der Waals surface area contributed by atoms with Gasteiger partial charge in [0.05, 0.1) is 19.7 Å². The Balaban J connectivity index is 0.00000441. The molecule has 0 saturated heterocycles. The first-order chi connectivity index (χ1) is 10.0. The van der Waals surface area contributed by atoms with E-state index in [-0.39, 0.29) is 24.2 Å². The van der Waals surface area contributed by atoms with E-state index >= 15 is 0 Å². The molecular formula is C16H27ClN2O3. The molecule has 0 aliphatic rings. The molecule has 0 radical (unpaired) electrons. The molecule has 0 spiro atoms. The van der Waals surface area contributed by atoms with Gasteiger partial charge in [-0.15, -0.1) is 12.4 Å². The average molecular weight is 331 g/mol. The van der Waals surface area contributed by atoms with E-state index < -0.39 is 6.04 Å². The molecule has 0 heterocycles. The van der Waals surface area contributed by atoms with Gasteiger partial charge in [0.2, 0.25) is 5.91 Å². The summed E-state index contributed by atoms with van der Waals surface area (Å²) in [5, 5.41) is 0. The van der Waals surface area contributed by atoms with E-state index in [1.165, 1.54) is 0 Å². The number of rotatable bonds is 8. The van der Waals surface area contributed by atoms with Gasteiger partial charge in [0.25, 0.3) is 0 Å². The summed E-state index contributed by atoms with van der Waals surface area (Å²) in [5.74, 6) is 1.48. The summed E-state index contributed by atoms with van der Waals surface area (Å²) in [7, 11) is 3.35. The molecular weight excluding hydrogens is 304 g/mol. The molecule has 2 atom stereocenters. The smallest absolute Gasteiger partial charge is 0.239 e. The minimum Gasteiger partial charge on any atom is -0.493 e. The van der Waals surface area contributed by atoms with Crippen molar-refractivity contribution in [1.82, 2.24) is 4.90 Å². The Morgan fingerprint density at radius 1 is 1.32 bits per heavy atom. The number of hydrogen-bond donors (Lipinski definition) is 1. The molecule has 0 aliphatic carbocycles. The number of likely N-dealkylation sites (N-methyl/N-ethyl adjacent to an activating group) is 1. The summed E-state index contributed by atoms with van der Waals surface area (Å²) in [5.41, 5.74) is 5.95. The first-order valence-electron chi connectivity index (χ1n) is 7.27. The number of para-hydroxylation sites is 2. The highest BCUT2D eigenvalue weighted by Gasteiger charge is 2.22. The topological polar surface area (TPSA) is 64.8 Å². The van der Waals surface area contributed by atoms with Crippen LogP contribution >= 0.6 is 12.4 Å². The van der Waals surface area contributed by atoms with Crippen molar-refractivity contribution in [3.8, 4) is 11.5 Å². The highest BCUT2D eigenvalue weighted by atomic mass is 35.5. The minimum atomic E-state index is -0.453. The fourth-order valence-corrected chi connectivity index (χ4v) is 1.89. The summed E-state index contributed by atoms with van der Waals surface area (Å²) >= 11 is 0. The van der Waals surface area contributed by atoms with Crippen molar-refractivity contribution in [2.24, 2.45) is 11.7 Å². The van der Waals surface area contributed by atoms with E-state index in [9.17, 15) is 4.79 Å². The minimum absolute atomic E-state index is 0. The van der Waals surface area contributed by atoms with Crippen molar-refractivity contribution in [1.29, 1.82) is 0 Å². The molecule has 6 heteroatoms. The number of halogens is 1. The van der Waals surface area contributed by atoms with Gasteiger partial charge in [-0.25, -0.2) is 0 Å². The van der Waals surface area contributed by atoms with Gasteiger partial charge in [0, 0.05) is 7.05 Å². The van der Waals surface area contributed by atoms with Crippen molar-refractivity contribution >= 4 is 18.3 Å². The molecule has 2 unspecified atom stereocenters. The third kappa shape index (κ3) is 5.73. The van der Waals surface area contributed by atoms with E-state index in [1.807, 2.05) is 38.1 Å². The van der Waals surface area contributed by atoms with Crippen LogP contribution in [0.4, 0.5) is 0 Å². The van der Waals surface area contributed by atoms with Crippen LogP contribution in [0.25, 0.3) is 0 Å². The molecule has 0 aromatic heterocycles. The Kier molecular flexibility index (Phi) is 9.61. The van der Waals surface area contributed by atoms with Gasteiger partial charge in [-0.2, -0.15) is 0 Å². The van der Waals surface area contributed by atoms with E-state index in [0.717, 1.165) is 6.42 Å². The zero-order chi connectivity index (χ0) is 15.8. The normalized spacial score (nSPS) is 12.8. The highest BCUT2D eigenvalue weighted by Crippen LogP contribution is 2.25. The first kappa shape index (κ1) is 20.5. The molecule has 0 fully saturated rings. The molecule has 5 nitrogen and oxygen atoms in total. The van der Waals surface area contributed by atoms with Crippen molar-refractivity contribution in [2.75, 3.05) is 27.3 Å². The largest absolute Gasteiger partial charge is 0.493 e. The van der Waals surface area contributed by atoms with Crippen LogP contribution < -0.4 is 15.2 Å². The van der Waals surface area contributed by atoms with Crippen molar-refractivity contribution in [3.63, 3.8) is 0 Å². The predicted molar refractivity (Wildman–Crippen MR) is 90.8 cm³/mol. The lowest BCUT2D eigenvalue weighted by Crippen LogP contribution is -2.46. The number of nitrogens with two attached hydrogens (primary N) is 1. The number of amides is 1. The number of nitrogens with zero attached hydrogens (tertiary/aromatic N) is 1. The lowest BCUT2D eigenvalue weighted by atomic mass is 9.99. The molecule has 0 saturated carbocycles. The summed E-state index contributed by atoms with van der Waals surface area (Å²) < 4.78 is 10.9. The van der Waals surface area contributed by atoms with Gasteiger partial charge >= 0.3 is 0 Å². The fourth-order valence-electron chi connectivity index (χ4n) is 1.89. The maximum absolute atomic E-state index is 12.1. The Morgan fingerprint density at radius 3 is 2.45 bits per heavy atom. The molecule has 2 N–H and O–H groups in total. The zero-order valence-electron chi connectivity index (χ0n) is 13.7. The Bertz CT molecular complexity index is 457. The van der Waals surface area contributed by atoms with Crippen LogP contribution in [0.15, 0.2) is 24.3 Å². The van der Waals surface area contributed by atoms with Crippen LogP contribution in [0.1, 0.15) is 20.3 Å². The van der Waals surface area contributed by atoms with Crippen LogP contribution in [-0.2, 0) is 4.79 Å². The van der Waals surface area contributed by atoms with Crippen molar-refractivity contribution in [3.05, 3.63) is 24.3 Å². The van der Waals surface area contributed by atoms with Crippen LogP contribution in [0.5, 0.6) is 11.5 Å². The molecule has 1 aromatic carbocycles. The van der Waals surface area contributed by atoms with Gasteiger partial charge in [0.1, 0.15) is 6.61 Å². The molecule has 0 bridgehead atoms. The number of hydrogen-bond acceptors (Lipinski definition) is 4. The van der Waals surface area contributed by atoms with Crippen molar-refractivity contribution < 1.29 is 14.3 Å². The molecule has 0 aliphatic heterocycles. The van der Waals surface area contributed by atoms with Gasteiger partial charge in [-0.1, -0.05) is 32.4 Å². The number of carbonyl (C=O) groups is 1. The Morgan fingerprint density at radius 2 is 1.91 bits per heavy atom. The molecule has 126 valence electrons. The van der Waals surface area contributed by atoms with Crippen molar-refractivity contribution in [2.45, 2.75) is 26.3 Å². The molecule has 1 rings (SSSR count). The summed E-state index contributed by atoms with van der Waals surface area (Å²) in [6.45, 7) is 4.90. The zero-order valence-corrected chi connectivity index (χ0v) is 14.6. The number of carbonyl (C=O) groups excluding carboxylic acids is 1. The Labute approximate surface area is 139 Å². The Hall–Kier alpha value is -1.46. The second kappa shape index (κ2) is 10.3. The molecule has 1 aromatic rings. The number of ether oxygens (including phenoxy) is 2. The monoisotopic (exact) mass is 330 g/mol. The third-order valence-corrected chi connectivity index (χ3v) is 3.67. The molecule has 22 heavy (non-hydrogen) atoms. The highest BCUT2D eigenvalue weighted by molar-refractivity contribution is 5.85. The summed E-state index contributed by atoms with van der Waals surface area (Å²) in [4.78, 5) is 13.7. The number of benzene rings is 1. The van der Waals surface area contributed by atoms with Crippen LogP contribution in [0.2, 0.25) is 0 Å². The lowest BCUT2D eigenvalue weighted by molar-refractivity contribution is -0.132. The van der Waals surface area contributed by atoms with E-state index in [2.05, 4.69) is 0 Å². The summed E-state index contributed by atoms with van der Waals surface area (Å²) in [6, 6.07) is 6.98. The lowest BCUT2D eigenvalue weighted by Gasteiger charge is -2.24. The van der Waals surface area contributed by atoms with E-state index in [1.54, 1.807) is 19.1 Å². The van der Waals surface area contributed by atoms with Crippen LogP contribution in [0, 0.1) is 5.92 Å². The third-order valence-electron chi connectivity index (χ3n) is 3.67. The van der Waals surface area contributed by atoms with Gasteiger partial charge in [-0.05, 0) is 18.1 Å². The quantitative estimate of drug-likeness (QED) is 0.794. The second-order valence-electron chi connectivity index (χ2n) is 5.17. The maximum Gasteiger partial charge on any atom is 0.239 e. The molecule has 1 amide bonds. The van der Waals surface area contributed by atoms with Crippen LogP contribution in [-0.4, -0.2) is 44.2 Å². The standard InChI is InChI=1S/C16H26N2O3.ClH/c1-5-12(2)15(17)16(19)18(3)10-11-21-14-9-7-6-8-13(14)20-4;/h6-9,12,15H,5,10-11,17H2,1-4H3;1H. The SMILES string of the molecule is CCC(C)C(N)C(=O)N(C)CCOc1ccccc1OC.Cl. The first-order valence-corrected chi connectivity index (χ1v) is 7.27. The van der Waals surface area contributed by atoms with Gasteiger partial charge in [0.15, 0.2) is 11.5 Å².